The first kappa shape index (κ1) is 11.2. The van der Waals surface area contributed by atoms with Crippen molar-refractivity contribution in [2.45, 2.75) is 31.5 Å². The summed E-state index contributed by atoms with van der Waals surface area (Å²) >= 11 is 0. The van der Waals surface area contributed by atoms with E-state index in [-0.39, 0.29) is 5.54 Å². The Bertz CT molecular complexity index is 371. The number of hydrogen-bond donors (Lipinski definition) is 2. The molecule has 3 nitrogen and oxygen atoms in total. The Morgan fingerprint density at radius 3 is 2.53 bits per heavy atom. The highest BCUT2D eigenvalue weighted by Gasteiger charge is 2.30. The summed E-state index contributed by atoms with van der Waals surface area (Å²) in [6.07, 6.45) is 2.22. The van der Waals surface area contributed by atoms with Crippen molar-refractivity contribution in [1.29, 1.82) is 0 Å². The second-order valence-corrected chi connectivity index (χ2v) is 5.52. The summed E-state index contributed by atoms with van der Waals surface area (Å²) in [7, 11) is 0. The Labute approximate surface area is 103 Å². The number of rotatable bonds is 3. The zero-order valence-corrected chi connectivity index (χ0v) is 10.3. The third-order valence-corrected chi connectivity index (χ3v) is 4.11. The highest BCUT2D eigenvalue weighted by molar-refractivity contribution is 5.30. The maximum Gasteiger partial charge on any atom is 0.0305 e. The Morgan fingerprint density at radius 1 is 1.24 bits per heavy atom. The first-order valence-corrected chi connectivity index (χ1v) is 6.54. The third-order valence-electron chi connectivity index (χ3n) is 4.11. The van der Waals surface area contributed by atoms with Crippen LogP contribution in [0.25, 0.3) is 0 Å². The Balaban J connectivity index is 1.55. The maximum atomic E-state index is 6.35. The van der Waals surface area contributed by atoms with E-state index in [1.807, 2.05) is 0 Å². The molecule has 0 saturated carbocycles. The van der Waals surface area contributed by atoms with Gasteiger partial charge in [-0.15, -0.1) is 0 Å². The molecule has 2 aliphatic rings. The summed E-state index contributed by atoms with van der Waals surface area (Å²) in [4.78, 5) is 2.51. The van der Waals surface area contributed by atoms with Crippen molar-refractivity contribution in [1.82, 2.24) is 10.2 Å². The molecule has 1 unspecified atom stereocenters. The number of hydrogen-bond acceptors (Lipinski definition) is 3. The molecule has 0 spiro atoms. The van der Waals surface area contributed by atoms with Crippen LogP contribution in [-0.2, 0) is 13.1 Å². The van der Waals surface area contributed by atoms with E-state index in [0.717, 1.165) is 45.6 Å². The molecule has 2 heterocycles. The van der Waals surface area contributed by atoms with Crippen molar-refractivity contribution in [2.75, 3.05) is 19.6 Å². The van der Waals surface area contributed by atoms with Gasteiger partial charge in [0, 0.05) is 31.7 Å². The van der Waals surface area contributed by atoms with Crippen LogP contribution in [0, 0.1) is 0 Å². The largest absolute Gasteiger partial charge is 0.324 e. The fourth-order valence-corrected chi connectivity index (χ4v) is 2.92. The molecule has 3 N–H and O–H groups in total. The van der Waals surface area contributed by atoms with Gasteiger partial charge in [-0.05, 0) is 30.5 Å². The SMILES string of the molecule is NC1(CCN2Cc3ccccc3C2)CCNC1. The Kier molecular flexibility index (Phi) is 2.90. The Morgan fingerprint density at radius 2 is 1.94 bits per heavy atom. The van der Waals surface area contributed by atoms with Gasteiger partial charge in [-0.25, -0.2) is 0 Å². The molecule has 0 aliphatic carbocycles. The first-order chi connectivity index (χ1) is 8.25. The second kappa shape index (κ2) is 4.41. The van der Waals surface area contributed by atoms with Gasteiger partial charge in [0.25, 0.3) is 0 Å². The fraction of sp³-hybridized carbons (Fsp3) is 0.571. The first-order valence-electron chi connectivity index (χ1n) is 6.54. The number of nitrogens with two attached hydrogens (primary N) is 1. The highest BCUT2D eigenvalue weighted by Crippen LogP contribution is 2.24. The van der Waals surface area contributed by atoms with Crippen LogP contribution >= 0.6 is 0 Å². The molecular weight excluding hydrogens is 210 g/mol. The van der Waals surface area contributed by atoms with Gasteiger partial charge in [-0.2, -0.15) is 0 Å². The molecule has 17 heavy (non-hydrogen) atoms. The van der Waals surface area contributed by atoms with Crippen molar-refractivity contribution in [3.05, 3.63) is 35.4 Å². The lowest BCUT2D eigenvalue weighted by Crippen LogP contribution is -2.44. The average molecular weight is 231 g/mol. The van der Waals surface area contributed by atoms with Gasteiger partial charge >= 0.3 is 0 Å². The lowest BCUT2D eigenvalue weighted by Gasteiger charge is -2.25. The Hall–Kier alpha value is -0.900. The quantitative estimate of drug-likeness (QED) is 0.818. The van der Waals surface area contributed by atoms with Gasteiger partial charge in [0.05, 0.1) is 0 Å². The van der Waals surface area contributed by atoms with E-state index in [0.29, 0.717) is 0 Å². The van der Waals surface area contributed by atoms with E-state index < -0.39 is 0 Å². The molecule has 0 amide bonds. The van der Waals surface area contributed by atoms with E-state index in [2.05, 4.69) is 34.5 Å². The van der Waals surface area contributed by atoms with Crippen LogP contribution in [0.1, 0.15) is 24.0 Å². The fourth-order valence-electron chi connectivity index (χ4n) is 2.92. The summed E-state index contributed by atoms with van der Waals surface area (Å²) < 4.78 is 0. The maximum absolute atomic E-state index is 6.35. The van der Waals surface area contributed by atoms with Gasteiger partial charge in [0.2, 0.25) is 0 Å². The zero-order valence-electron chi connectivity index (χ0n) is 10.3. The number of benzene rings is 1. The zero-order chi connectivity index (χ0) is 11.7. The van der Waals surface area contributed by atoms with Crippen molar-refractivity contribution in [2.24, 2.45) is 5.73 Å². The highest BCUT2D eigenvalue weighted by atomic mass is 15.1. The van der Waals surface area contributed by atoms with E-state index in [4.69, 9.17) is 5.73 Å². The third kappa shape index (κ3) is 2.37. The number of nitrogens with zero attached hydrogens (tertiary/aromatic N) is 1. The van der Waals surface area contributed by atoms with Crippen LogP contribution < -0.4 is 11.1 Å². The molecule has 1 aromatic rings. The molecule has 3 rings (SSSR count). The molecule has 0 aromatic heterocycles. The van der Waals surface area contributed by atoms with Crippen molar-refractivity contribution < 1.29 is 0 Å². The van der Waals surface area contributed by atoms with Crippen LogP contribution in [-0.4, -0.2) is 30.1 Å². The van der Waals surface area contributed by atoms with Gasteiger partial charge in [0.15, 0.2) is 0 Å². The summed E-state index contributed by atoms with van der Waals surface area (Å²) in [6.45, 7) is 5.37. The average Bonchev–Trinajstić information content (AvgIpc) is 2.93. The normalized spacial score (nSPS) is 28.5. The topological polar surface area (TPSA) is 41.3 Å². The molecule has 0 bridgehead atoms. The van der Waals surface area contributed by atoms with Crippen LogP contribution in [0.4, 0.5) is 0 Å². The summed E-state index contributed by atoms with van der Waals surface area (Å²) in [5, 5.41) is 3.36. The smallest absolute Gasteiger partial charge is 0.0305 e. The van der Waals surface area contributed by atoms with Crippen molar-refractivity contribution in [3.8, 4) is 0 Å². The minimum Gasteiger partial charge on any atom is -0.324 e. The van der Waals surface area contributed by atoms with Crippen LogP contribution in [0.5, 0.6) is 0 Å². The van der Waals surface area contributed by atoms with Crippen LogP contribution in [0.2, 0.25) is 0 Å². The monoisotopic (exact) mass is 231 g/mol. The molecule has 1 atom stereocenters. The number of nitrogens with one attached hydrogen (secondary N) is 1. The summed E-state index contributed by atoms with van der Waals surface area (Å²) in [5.41, 5.74) is 9.37. The molecule has 3 heteroatoms. The predicted molar refractivity (Wildman–Crippen MR) is 69.6 cm³/mol. The molecular formula is C14H21N3. The van der Waals surface area contributed by atoms with Crippen molar-refractivity contribution >= 4 is 0 Å². The van der Waals surface area contributed by atoms with Gasteiger partial charge in [0.1, 0.15) is 0 Å². The molecule has 1 saturated heterocycles. The predicted octanol–water partition coefficient (Wildman–Crippen LogP) is 1.08. The molecule has 0 radical (unpaired) electrons. The standard InChI is InChI=1S/C14H21N3/c15-14(5-7-16-11-14)6-8-17-9-12-3-1-2-4-13(12)10-17/h1-4,16H,5-11,15H2. The van der Waals surface area contributed by atoms with E-state index >= 15 is 0 Å². The van der Waals surface area contributed by atoms with E-state index in [1.54, 1.807) is 0 Å². The minimum absolute atomic E-state index is 0.0365. The number of fused-ring (bicyclic) bond motifs is 1. The van der Waals surface area contributed by atoms with Gasteiger partial charge in [-0.1, -0.05) is 24.3 Å². The molecule has 2 aliphatic heterocycles. The molecule has 92 valence electrons. The second-order valence-electron chi connectivity index (χ2n) is 5.52. The van der Waals surface area contributed by atoms with E-state index in [1.165, 1.54) is 11.1 Å². The van der Waals surface area contributed by atoms with Crippen molar-refractivity contribution in [3.63, 3.8) is 0 Å². The van der Waals surface area contributed by atoms with E-state index in [9.17, 15) is 0 Å². The van der Waals surface area contributed by atoms with Crippen LogP contribution in [0.3, 0.4) is 0 Å². The summed E-state index contributed by atoms with van der Waals surface area (Å²) in [5.74, 6) is 0. The van der Waals surface area contributed by atoms with Gasteiger partial charge < -0.3 is 11.1 Å². The summed E-state index contributed by atoms with van der Waals surface area (Å²) in [6, 6.07) is 8.75. The van der Waals surface area contributed by atoms with Gasteiger partial charge in [-0.3, -0.25) is 4.90 Å². The molecule has 1 aromatic carbocycles. The lowest BCUT2D eigenvalue weighted by molar-refractivity contribution is 0.249. The van der Waals surface area contributed by atoms with Crippen LogP contribution in [0.15, 0.2) is 24.3 Å². The molecule has 1 fully saturated rings. The minimum atomic E-state index is 0.0365. The lowest BCUT2D eigenvalue weighted by atomic mass is 9.95.